The van der Waals surface area contributed by atoms with E-state index in [9.17, 15) is 9.59 Å². The Morgan fingerprint density at radius 2 is 2.16 bits per heavy atom. The second-order valence-electron chi connectivity index (χ2n) is 5.76. The lowest BCUT2D eigenvalue weighted by atomic mass is 9.94. The van der Waals surface area contributed by atoms with Crippen molar-refractivity contribution in [2.45, 2.75) is 19.4 Å². The van der Waals surface area contributed by atoms with Crippen molar-refractivity contribution in [3.63, 3.8) is 0 Å². The molecule has 8 heteroatoms. The number of esters is 1. The van der Waals surface area contributed by atoms with Crippen molar-refractivity contribution >= 4 is 28.8 Å². The number of hydrogen-bond donors (Lipinski definition) is 0. The molecule has 0 saturated carbocycles. The Hall–Kier alpha value is -2.48. The molecular weight excluding hydrogens is 344 g/mol. The van der Waals surface area contributed by atoms with Crippen LogP contribution in [-0.4, -0.2) is 41.6 Å². The van der Waals surface area contributed by atoms with Crippen LogP contribution in [0.5, 0.6) is 11.5 Å². The molecule has 0 N–H and O–H groups in total. The number of ether oxygens (including phenoxy) is 3. The first-order chi connectivity index (χ1) is 12.1. The van der Waals surface area contributed by atoms with Crippen LogP contribution in [0.3, 0.4) is 0 Å². The molecule has 4 rings (SSSR count). The molecule has 0 spiro atoms. The topological polar surface area (TPSA) is 77.4 Å². The number of thioether (sulfide) groups is 1. The number of hydrogen-bond acceptors (Lipinski definition) is 7. The van der Waals surface area contributed by atoms with Crippen molar-refractivity contribution in [1.29, 1.82) is 0 Å². The molecule has 7 nitrogen and oxygen atoms in total. The number of amides is 1. The van der Waals surface area contributed by atoms with Crippen molar-refractivity contribution in [3.05, 3.63) is 35.0 Å². The van der Waals surface area contributed by atoms with Gasteiger partial charge in [-0.2, -0.15) is 0 Å². The highest BCUT2D eigenvalue weighted by Crippen LogP contribution is 2.43. The van der Waals surface area contributed by atoms with Crippen LogP contribution >= 0.6 is 11.8 Å². The van der Waals surface area contributed by atoms with Gasteiger partial charge in [-0.05, 0) is 24.6 Å². The quantitative estimate of drug-likeness (QED) is 0.753. The zero-order valence-electron chi connectivity index (χ0n) is 13.8. The van der Waals surface area contributed by atoms with E-state index < -0.39 is 12.0 Å². The molecule has 1 saturated heterocycles. The maximum Gasteiger partial charge on any atom is 0.338 e. The van der Waals surface area contributed by atoms with Crippen LogP contribution in [0.2, 0.25) is 0 Å². The van der Waals surface area contributed by atoms with Crippen molar-refractivity contribution < 1.29 is 23.8 Å². The van der Waals surface area contributed by atoms with Gasteiger partial charge in [0, 0.05) is 12.2 Å². The van der Waals surface area contributed by atoms with E-state index in [0.29, 0.717) is 40.1 Å². The van der Waals surface area contributed by atoms with Crippen LogP contribution in [0.4, 0.5) is 0 Å². The standard InChI is InChI=1S/C17H16N2O5S/c1-9-14(16(21)22-2)15(19-13(20)5-6-25-17(19)18-9)10-3-4-11-12(7-10)24-8-23-11/h3-4,7,15H,5-6,8H2,1-2H3/t15-/m1/s1. The van der Waals surface area contributed by atoms with Crippen molar-refractivity contribution in [1.82, 2.24) is 4.90 Å². The first-order valence-corrected chi connectivity index (χ1v) is 8.81. The van der Waals surface area contributed by atoms with Gasteiger partial charge in [0.25, 0.3) is 0 Å². The lowest BCUT2D eigenvalue weighted by molar-refractivity contribution is -0.137. The van der Waals surface area contributed by atoms with E-state index in [1.807, 2.05) is 6.07 Å². The molecule has 3 aliphatic rings. The first-order valence-electron chi connectivity index (χ1n) is 7.82. The Bertz CT molecular complexity index is 832. The Labute approximate surface area is 148 Å². The zero-order chi connectivity index (χ0) is 17.6. The minimum atomic E-state index is -0.588. The molecule has 0 bridgehead atoms. The molecule has 1 fully saturated rings. The molecule has 3 heterocycles. The average molecular weight is 360 g/mol. The Balaban J connectivity index is 1.87. The van der Waals surface area contributed by atoms with Gasteiger partial charge in [0.1, 0.15) is 0 Å². The zero-order valence-corrected chi connectivity index (χ0v) is 14.6. The summed E-state index contributed by atoms with van der Waals surface area (Å²) < 4.78 is 15.8. The molecule has 25 heavy (non-hydrogen) atoms. The second-order valence-corrected chi connectivity index (χ2v) is 6.82. The van der Waals surface area contributed by atoms with E-state index in [4.69, 9.17) is 14.2 Å². The normalized spacial score (nSPS) is 21.8. The molecule has 1 amide bonds. The van der Waals surface area contributed by atoms with Gasteiger partial charge in [-0.15, -0.1) is 0 Å². The lowest BCUT2D eigenvalue weighted by Crippen LogP contribution is -2.45. The molecule has 1 aromatic carbocycles. The molecule has 0 aromatic heterocycles. The first kappa shape index (κ1) is 16.0. The average Bonchev–Trinajstić information content (AvgIpc) is 3.07. The smallest absolute Gasteiger partial charge is 0.338 e. The lowest BCUT2D eigenvalue weighted by Gasteiger charge is -2.38. The van der Waals surface area contributed by atoms with E-state index in [2.05, 4.69) is 4.99 Å². The maximum atomic E-state index is 12.6. The largest absolute Gasteiger partial charge is 0.466 e. The summed E-state index contributed by atoms with van der Waals surface area (Å²) in [6.07, 6.45) is 0.401. The third-order valence-electron chi connectivity index (χ3n) is 4.32. The van der Waals surface area contributed by atoms with Crippen molar-refractivity contribution in [3.8, 4) is 11.5 Å². The number of allylic oxidation sites excluding steroid dienone is 1. The number of benzene rings is 1. The van der Waals surface area contributed by atoms with Crippen LogP contribution < -0.4 is 9.47 Å². The molecule has 0 radical (unpaired) electrons. The minimum absolute atomic E-state index is 0.0610. The van der Waals surface area contributed by atoms with Gasteiger partial charge in [-0.25, -0.2) is 9.79 Å². The van der Waals surface area contributed by atoms with E-state index in [-0.39, 0.29) is 12.7 Å². The van der Waals surface area contributed by atoms with Crippen LogP contribution in [0.15, 0.2) is 34.5 Å². The summed E-state index contributed by atoms with van der Waals surface area (Å²) in [6.45, 7) is 1.92. The molecule has 0 unspecified atom stereocenters. The fourth-order valence-corrected chi connectivity index (χ4v) is 4.17. The highest BCUT2D eigenvalue weighted by Gasteiger charge is 2.41. The summed E-state index contributed by atoms with van der Waals surface area (Å²) in [5.41, 5.74) is 1.68. The molecule has 130 valence electrons. The number of aliphatic imine (C=N–C) groups is 1. The van der Waals surface area contributed by atoms with Crippen LogP contribution in [0.25, 0.3) is 0 Å². The Morgan fingerprint density at radius 3 is 2.96 bits per heavy atom. The van der Waals surface area contributed by atoms with Gasteiger partial charge in [0.15, 0.2) is 16.7 Å². The Morgan fingerprint density at radius 1 is 1.36 bits per heavy atom. The van der Waals surface area contributed by atoms with Crippen molar-refractivity contribution in [2.75, 3.05) is 19.7 Å². The van der Waals surface area contributed by atoms with E-state index >= 15 is 0 Å². The highest BCUT2D eigenvalue weighted by atomic mass is 32.2. The number of rotatable bonds is 2. The summed E-state index contributed by atoms with van der Waals surface area (Å²) in [4.78, 5) is 31.1. The number of amidine groups is 1. The summed E-state index contributed by atoms with van der Waals surface area (Å²) in [5.74, 6) is 1.37. The third kappa shape index (κ3) is 2.57. The predicted molar refractivity (Wildman–Crippen MR) is 91.4 cm³/mol. The van der Waals surface area contributed by atoms with Gasteiger partial charge in [0.05, 0.1) is 24.4 Å². The van der Waals surface area contributed by atoms with E-state index in [1.165, 1.54) is 18.9 Å². The highest BCUT2D eigenvalue weighted by molar-refractivity contribution is 8.14. The molecule has 1 atom stereocenters. The summed E-state index contributed by atoms with van der Waals surface area (Å²) in [6, 6.07) is 4.84. The molecule has 0 aliphatic carbocycles. The number of carbonyl (C=O) groups is 2. The van der Waals surface area contributed by atoms with Crippen LogP contribution in [0, 0.1) is 0 Å². The van der Waals surface area contributed by atoms with Gasteiger partial charge in [-0.3, -0.25) is 9.69 Å². The minimum Gasteiger partial charge on any atom is -0.466 e. The summed E-state index contributed by atoms with van der Waals surface area (Å²) in [5, 5.41) is 0.615. The molecular formula is C17H16N2O5S. The number of carbonyl (C=O) groups excluding carboxylic acids is 2. The van der Waals surface area contributed by atoms with Gasteiger partial charge < -0.3 is 14.2 Å². The van der Waals surface area contributed by atoms with Gasteiger partial charge in [0.2, 0.25) is 12.7 Å². The fraction of sp³-hybridized carbons (Fsp3) is 0.353. The van der Waals surface area contributed by atoms with E-state index in [0.717, 1.165) is 5.56 Å². The number of fused-ring (bicyclic) bond motifs is 2. The second kappa shape index (κ2) is 6.11. The van der Waals surface area contributed by atoms with Gasteiger partial charge >= 0.3 is 5.97 Å². The third-order valence-corrected chi connectivity index (χ3v) is 5.28. The van der Waals surface area contributed by atoms with Crippen LogP contribution in [0.1, 0.15) is 24.9 Å². The number of methoxy groups -OCH3 is 1. The molecule has 3 aliphatic heterocycles. The number of nitrogens with zero attached hydrogens (tertiary/aromatic N) is 2. The van der Waals surface area contributed by atoms with Crippen molar-refractivity contribution in [2.24, 2.45) is 4.99 Å². The van der Waals surface area contributed by atoms with E-state index in [1.54, 1.807) is 24.0 Å². The Kier molecular flexibility index (Phi) is 3.91. The van der Waals surface area contributed by atoms with Crippen LogP contribution in [-0.2, 0) is 14.3 Å². The summed E-state index contributed by atoms with van der Waals surface area (Å²) in [7, 11) is 1.32. The van der Waals surface area contributed by atoms with Gasteiger partial charge in [-0.1, -0.05) is 17.8 Å². The monoisotopic (exact) mass is 360 g/mol. The maximum absolute atomic E-state index is 12.6. The predicted octanol–water partition coefficient (Wildman–Crippen LogP) is 2.24. The molecule has 1 aromatic rings. The fourth-order valence-electron chi connectivity index (χ4n) is 3.17. The SMILES string of the molecule is COC(=O)C1=C(C)N=C2SCCC(=O)N2[C@@H]1c1ccc2c(c1)OCO2. The summed E-state index contributed by atoms with van der Waals surface area (Å²) >= 11 is 1.51.